The van der Waals surface area contributed by atoms with Crippen molar-refractivity contribution < 1.29 is 9.18 Å². The number of carbonyl (C=O) groups is 1. The third-order valence-corrected chi connectivity index (χ3v) is 5.72. The second kappa shape index (κ2) is 8.83. The van der Waals surface area contributed by atoms with Gasteiger partial charge >= 0.3 is 0 Å². The van der Waals surface area contributed by atoms with Crippen molar-refractivity contribution in [3.8, 4) is 0 Å². The van der Waals surface area contributed by atoms with E-state index in [1.54, 1.807) is 30.3 Å². The highest BCUT2D eigenvalue weighted by Crippen LogP contribution is 2.33. The number of amides is 1. The summed E-state index contributed by atoms with van der Waals surface area (Å²) in [6.45, 7) is 2.68. The van der Waals surface area contributed by atoms with Crippen LogP contribution in [0.15, 0.2) is 42.9 Å². The lowest BCUT2D eigenvalue weighted by atomic mass is 10.1. The Morgan fingerprint density at radius 2 is 1.84 bits per heavy atom. The molecule has 1 aliphatic rings. The molecule has 0 unspecified atom stereocenters. The second-order valence-corrected chi connectivity index (χ2v) is 7.98. The number of fused-ring (bicyclic) bond motifs is 1. The number of benzene rings is 1. The first-order valence-electron chi connectivity index (χ1n) is 10.6. The maximum absolute atomic E-state index is 13.1. The molecular formula is C23H27FN6O. The highest BCUT2D eigenvalue weighted by Gasteiger charge is 2.35. The lowest BCUT2D eigenvalue weighted by molar-refractivity contribution is -0.120. The van der Waals surface area contributed by atoms with Crippen LogP contribution in [-0.2, 0) is 24.2 Å². The molecule has 0 aliphatic carbocycles. The van der Waals surface area contributed by atoms with Crippen molar-refractivity contribution in [1.29, 1.82) is 0 Å². The summed E-state index contributed by atoms with van der Waals surface area (Å²) < 4.78 is 14.9. The second-order valence-electron chi connectivity index (χ2n) is 7.98. The van der Waals surface area contributed by atoms with E-state index in [2.05, 4.69) is 17.0 Å². The third-order valence-electron chi connectivity index (χ3n) is 5.72. The smallest absolute Gasteiger partial charge is 0.249 e. The minimum absolute atomic E-state index is 0.0850. The fraction of sp³-hybridized carbons (Fsp3) is 0.391. The molecule has 1 amide bonds. The topological polar surface area (TPSA) is 67.2 Å². The molecule has 1 atom stereocenters. The zero-order valence-electron chi connectivity index (χ0n) is 18.1. The van der Waals surface area contributed by atoms with E-state index in [0.717, 1.165) is 47.7 Å². The highest BCUT2D eigenvalue weighted by molar-refractivity contribution is 6.04. The quantitative estimate of drug-likeness (QED) is 0.585. The molecule has 8 heteroatoms. The molecule has 1 aromatic carbocycles. The molecule has 1 aliphatic heterocycles. The highest BCUT2D eigenvalue weighted by atomic mass is 19.1. The molecule has 7 nitrogen and oxygen atoms in total. The molecule has 0 saturated heterocycles. The van der Waals surface area contributed by atoms with Crippen LogP contribution in [0.1, 0.15) is 36.7 Å². The van der Waals surface area contributed by atoms with Gasteiger partial charge in [-0.1, -0.05) is 25.5 Å². The van der Waals surface area contributed by atoms with Crippen LogP contribution in [0.5, 0.6) is 0 Å². The van der Waals surface area contributed by atoms with Gasteiger partial charge in [0, 0.05) is 26.7 Å². The lowest BCUT2D eigenvalue weighted by Crippen LogP contribution is -2.51. The van der Waals surface area contributed by atoms with E-state index in [1.165, 1.54) is 12.1 Å². The molecule has 3 heterocycles. The fourth-order valence-electron chi connectivity index (χ4n) is 3.92. The number of hydrogen-bond acceptors (Lipinski definition) is 5. The first-order chi connectivity index (χ1) is 15.0. The molecule has 3 aromatic rings. The normalized spacial score (nSPS) is 16.0. The van der Waals surface area contributed by atoms with Crippen molar-refractivity contribution in [2.24, 2.45) is 0 Å². The number of nitrogens with zero attached hydrogens (tertiary/aromatic N) is 6. The lowest BCUT2D eigenvalue weighted by Gasteiger charge is -2.38. The summed E-state index contributed by atoms with van der Waals surface area (Å²) in [5.74, 6) is 1.39. The van der Waals surface area contributed by atoms with Gasteiger partial charge < -0.3 is 9.80 Å². The summed E-state index contributed by atoms with van der Waals surface area (Å²) in [4.78, 5) is 25.5. The van der Waals surface area contributed by atoms with Crippen LogP contribution in [0.2, 0.25) is 0 Å². The molecule has 0 radical (unpaired) electrons. The monoisotopic (exact) mass is 422 g/mol. The average molecular weight is 423 g/mol. The number of hydrogen-bond donors (Lipinski definition) is 0. The summed E-state index contributed by atoms with van der Waals surface area (Å²) >= 11 is 0. The molecular weight excluding hydrogens is 395 g/mol. The summed E-state index contributed by atoms with van der Waals surface area (Å²) in [7, 11) is 3.72. The zero-order valence-corrected chi connectivity index (χ0v) is 18.1. The summed E-state index contributed by atoms with van der Waals surface area (Å²) in [6, 6.07) is 6.26. The predicted octanol–water partition coefficient (Wildman–Crippen LogP) is 3.23. The molecule has 2 aromatic heterocycles. The minimum atomic E-state index is -0.239. The Bertz CT molecular complexity index is 1060. The first-order valence-corrected chi connectivity index (χ1v) is 10.6. The van der Waals surface area contributed by atoms with Gasteiger partial charge in [-0.05, 0) is 36.1 Å². The van der Waals surface area contributed by atoms with Gasteiger partial charge in [0.25, 0.3) is 0 Å². The Hall–Kier alpha value is -3.29. The number of halogens is 1. The Balaban J connectivity index is 1.44. The van der Waals surface area contributed by atoms with E-state index in [1.807, 2.05) is 29.0 Å². The third kappa shape index (κ3) is 4.42. The first kappa shape index (κ1) is 21.0. The maximum Gasteiger partial charge on any atom is 0.249 e. The van der Waals surface area contributed by atoms with E-state index in [4.69, 9.17) is 4.98 Å². The van der Waals surface area contributed by atoms with Gasteiger partial charge in [-0.2, -0.15) is 5.10 Å². The summed E-state index contributed by atoms with van der Waals surface area (Å²) in [5.41, 5.74) is 2.83. The largest absolute Gasteiger partial charge is 0.346 e. The van der Waals surface area contributed by atoms with E-state index >= 15 is 0 Å². The minimum Gasteiger partial charge on any atom is -0.346 e. The molecule has 0 N–H and O–H groups in total. The number of aryl methyl sites for hydroxylation is 2. The molecule has 31 heavy (non-hydrogen) atoms. The predicted molar refractivity (Wildman–Crippen MR) is 118 cm³/mol. The van der Waals surface area contributed by atoms with Gasteiger partial charge in [-0.25, -0.2) is 14.4 Å². The number of aromatic nitrogens is 4. The average Bonchev–Trinajstić information content (AvgIpc) is 3.22. The Morgan fingerprint density at radius 1 is 1.06 bits per heavy atom. The number of carbonyl (C=O) groups excluding carboxylic acids is 1. The van der Waals surface area contributed by atoms with Gasteiger partial charge in [-0.3, -0.25) is 9.48 Å². The number of likely N-dealkylation sites (N-methyl/N-ethyl adjacent to an activating group) is 2. The Morgan fingerprint density at radius 3 is 2.58 bits per heavy atom. The SMILES string of the molecule is CCC[C@@H]1C(=O)N(C)c2cnc(CCc3cnn(Cc4ccc(F)cc4)c3)nc2N1C. The van der Waals surface area contributed by atoms with Crippen molar-refractivity contribution in [3.63, 3.8) is 0 Å². The van der Waals surface area contributed by atoms with Crippen LogP contribution in [0.4, 0.5) is 15.9 Å². The molecule has 0 saturated carbocycles. The van der Waals surface area contributed by atoms with Crippen LogP contribution < -0.4 is 9.80 Å². The van der Waals surface area contributed by atoms with Crippen molar-refractivity contribution in [1.82, 2.24) is 19.7 Å². The van der Waals surface area contributed by atoms with E-state index in [-0.39, 0.29) is 17.8 Å². The van der Waals surface area contributed by atoms with Gasteiger partial charge in [0.2, 0.25) is 5.91 Å². The van der Waals surface area contributed by atoms with Gasteiger partial charge in [0.1, 0.15) is 23.4 Å². The molecule has 0 fully saturated rings. The van der Waals surface area contributed by atoms with Gasteiger partial charge in [-0.15, -0.1) is 0 Å². The standard InChI is InChI=1S/C23H27FN6O/c1-4-5-19-23(31)29(3)20-13-25-21(27-22(20)28(19)2)11-8-17-12-26-30(15-17)14-16-6-9-18(24)10-7-16/h6-7,9-10,12-13,15,19H,4-5,8,11,14H2,1-3H3/t19-/m1/s1. The van der Waals surface area contributed by atoms with Crippen LogP contribution in [-0.4, -0.2) is 45.8 Å². The van der Waals surface area contributed by atoms with Crippen LogP contribution in [0.25, 0.3) is 0 Å². The summed E-state index contributed by atoms with van der Waals surface area (Å²) in [5, 5.41) is 4.41. The zero-order chi connectivity index (χ0) is 22.0. The van der Waals surface area contributed by atoms with Crippen molar-refractivity contribution >= 4 is 17.4 Å². The number of rotatable bonds is 7. The van der Waals surface area contributed by atoms with Crippen molar-refractivity contribution in [2.45, 2.75) is 45.2 Å². The van der Waals surface area contributed by atoms with Crippen molar-refractivity contribution in [2.75, 3.05) is 23.9 Å². The molecule has 0 bridgehead atoms. The van der Waals surface area contributed by atoms with Crippen LogP contribution in [0, 0.1) is 5.82 Å². The van der Waals surface area contributed by atoms with E-state index in [9.17, 15) is 9.18 Å². The Kier molecular flexibility index (Phi) is 5.97. The number of anilines is 2. The Labute approximate surface area is 181 Å². The van der Waals surface area contributed by atoms with Crippen LogP contribution in [0.3, 0.4) is 0 Å². The van der Waals surface area contributed by atoms with E-state index < -0.39 is 0 Å². The van der Waals surface area contributed by atoms with Gasteiger partial charge in [0.15, 0.2) is 5.82 Å². The molecule has 0 spiro atoms. The van der Waals surface area contributed by atoms with Gasteiger partial charge in [0.05, 0.1) is 18.9 Å². The molecule has 4 rings (SSSR count). The van der Waals surface area contributed by atoms with E-state index in [0.29, 0.717) is 13.0 Å². The van der Waals surface area contributed by atoms with Crippen LogP contribution >= 0.6 is 0 Å². The molecule has 162 valence electrons. The van der Waals surface area contributed by atoms with Crippen molar-refractivity contribution in [3.05, 3.63) is 65.6 Å². The fourth-order valence-corrected chi connectivity index (χ4v) is 3.92. The maximum atomic E-state index is 13.1. The summed E-state index contributed by atoms with van der Waals surface area (Å²) in [6.07, 6.45) is 8.76.